The standard InChI is InChI=1S/C30H41ClN4O2/c1-5-22(3)35(23(4)6-2)30(37)21-34-27-13-10-9-12-26(27)33-28(34)14-8-7-11-19-32-29(36)20-24-15-17-25(31)18-16-24/h9-10,12-13,15-18,22-23H,5-8,11,14,19-21H2,1-4H3,(H,32,36). The van der Waals surface area contributed by atoms with Gasteiger partial charge in [0, 0.05) is 30.1 Å². The van der Waals surface area contributed by atoms with E-state index in [1.54, 1.807) is 12.1 Å². The average molecular weight is 525 g/mol. The van der Waals surface area contributed by atoms with Crippen molar-refractivity contribution >= 4 is 34.4 Å². The molecule has 3 rings (SSSR count). The van der Waals surface area contributed by atoms with Crippen molar-refractivity contribution < 1.29 is 9.59 Å². The highest BCUT2D eigenvalue weighted by Gasteiger charge is 2.25. The van der Waals surface area contributed by atoms with Gasteiger partial charge in [-0.1, -0.05) is 56.1 Å². The minimum absolute atomic E-state index is 0.0230. The summed E-state index contributed by atoms with van der Waals surface area (Å²) in [7, 11) is 0. The number of halogens is 1. The smallest absolute Gasteiger partial charge is 0.243 e. The molecule has 0 radical (unpaired) electrons. The molecule has 2 atom stereocenters. The van der Waals surface area contributed by atoms with Crippen molar-refractivity contribution in [2.24, 2.45) is 0 Å². The highest BCUT2D eigenvalue weighted by atomic mass is 35.5. The van der Waals surface area contributed by atoms with E-state index >= 15 is 0 Å². The Bertz CT molecular complexity index is 1150. The fourth-order valence-electron chi connectivity index (χ4n) is 4.69. The van der Waals surface area contributed by atoms with Gasteiger partial charge in [-0.05, 0) is 69.4 Å². The Balaban J connectivity index is 1.55. The number of hydrogen-bond acceptors (Lipinski definition) is 3. The molecule has 0 saturated carbocycles. The van der Waals surface area contributed by atoms with Gasteiger partial charge in [-0.2, -0.15) is 0 Å². The van der Waals surface area contributed by atoms with E-state index in [2.05, 4.69) is 37.6 Å². The molecule has 1 heterocycles. The topological polar surface area (TPSA) is 67.2 Å². The molecule has 2 aromatic carbocycles. The third kappa shape index (κ3) is 8.06. The zero-order valence-corrected chi connectivity index (χ0v) is 23.4. The first-order chi connectivity index (χ1) is 17.8. The van der Waals surface area contributed by atoms with Gasteiger partial charge in [0.25, 0.3) is 0 Å². The summed E-state index contributed by atoms with van der Waals surface area (Å²) in [6, 6.07) is 15.8. The largest absolute Gasteiger partial charge is 0.356 e. The Morgan fingerprint density at radius 3 is 2.32 bits per heavy atom. The number of unbranched alkanes of at least 4 members (excludes halogenated alkanes) is 2. The van der Waals surface area contributed by atoms with Crippen LogP contribution in [0.2, 0.25) is 5.02 Å². The molecular formula is C30H41ClN4O2. The van der Waals surface area contributed by atoms with Gasteiger partial charge in [0.05, 0.1) is 17.5 Å². The van der Waals surface area contributed by atoms with Gasteiger partial charge >= 0.3 is 0 Å². The lowest BCUT2D eigenvalue weighted by molar-refractivity contribution is -0.136. The summed E-state index contributed by atoms with van der Waals surface area (Å²) in [5.41, 5.74) is 2.89. The van der Waals surface area contributed by atoms with Gasteiger partial charge in [-0.3, -0.25) is 9.59 Å². The van der Waals surface area contributed by atoms with Crippen LogP contribution in [0.4, 0.5) is 0 Å². The van der Waals surface area contributed by atoms with Crippen LogP contribution in [0.5, 0.6) is 0 Å². The number of fused-ring (bicyclic) bond motifs is 1. The molecule has 0 saturated heterocycles. The van der Waals surface area contributed by atoms with E-state index in [-0.39, 0.29) is 23.9 Å². The van der Waals surface area contributed by atoms with Gasteiger partial charge in [0.2, 0.25) is 11.8 Å². The summed E-state index contributed by atoms with van der Waals surface area (Å²) < 4.78 is 2.10. The van der Waals surface area contributed by atoms with Crippen LogP contribution in [-0.2, 0) is 29.0 Å². The molecule has 1 aromatic heterocycles. The second-order valence-corrected chi connectivity index (χ2v) is 10.3. The minimum Gasteiger partial charge on any atom is -0.356 e. The second-order valence-electron chi connectivity index (χ2n) is 9.88. The predicted octanol–water partition coefficient (Wildman–Crippen LogP) is 6.19. The maximum absolute atomic E-state index is 13.5. The van der Waals surface area contributed by atoms with Gasteiger partial charge in [0.1, 0.15) is 12.4 Å². The van der Waals surface area contributed by atoms with Crippen LogP contribution in [0.1, 0.15) is 71.2 Å². The van der Waals surface area contributed by atoms with Crippen LogP contribution >= 0.6 is 11.6 Å². The van der Waals surface area contributed by atoms with E-state index in [1.807, 2.05) is 41.3 Å². The Morgan fingerprint density at radius 1 is 0.973 bits per heavy atom. The second kappa shape index (κ2) is 14.2. The van der Waals surface area contributed by atoms with Gasteiger partial charge in [0.15, 0.2) is 0 Å². The first-order valence-electron chi connectivity index (χ1n) is 13.6. The number of imidazole rings is 1. The van der Waals surface area contributed by atoms with Crippen molar-refractivity contribution in [3.8, 4) is 0 Å². The molecule has 6 nitrogen and oxygen atoms in total. The molecule has 7 heteroatoms. The highest BCUT2D eigenvalue weighted by Crippen LogP contribution is 2.20. The van der Waals surface area contributed by atoms with Crippen molar-refractivity contribution in [1.82, 2.24) is 19.8 Å². The number of benzene rings is 2. The maximum atomic E-state index is 13.5. The van der Waals surface area contributed by atoms with E-state index in [0.29, 0.717) is 24.5 Å². The third-order valence-corrected chi connectivity index (χ3v) is 7.38. The fourth-order valence-corrected chi connectivity index (χ4v) is 4.82. The molecule has 0 aliphatic rings. The van der Waals surface area contributed by atoms with Crippen molar-refractivity contribution in [3.05, 3.63) is 64.9 Å². The number of carbonyl (C=O) groups excluding carboxylic acids is 2. The minimum atomic E-state index is 0.0230. The molecule has 3 aromatic rings. The molecule has 2 amide bonds. The van der Waals surface area contributed by atoms with Crippen molar-refractivity contribution in [2.45, 2.75) is 91.3 Å². The summed E-state index contributed by atoms with van der Waals surface area (Å²) in [6.07, 6.45) is 5.86. The molecule has 0 spiro atoms. The summed E-state index contributed by atoms with van der Waals surface area (Å²) in [6.45, 7) is 9.48. The Kier molecular flexibility index (Phi) is 11.0. The molecular weight excluding hydrogens is 484 g/mol. The number of aromatic nitrogens is 2. The van der Waals surface area contributed by atoms with Crippen LogP contribution in [0, 0.1) is 0 Å². The lowest BCUT2D eigenvalue weighted by Crippen LogP contribution is -2.45. The summed E-state index contributed by atoms with van der Waals surface area (Å²) >= 11 is 5.91. The summed E-state index contributed by atoms with van der Waals surface area (Å²) in [5.74, 6) is 1.13. The molecule has 0 aliphatic heterocycles. The number of amides is 2. The summed E-state index contributed by atoms with van der Waals surface area (Å²) in [4.78, 5) is 32.6. The number of hydrogen-bond donors (Lipinski definition) is 1. The fraction of sp³-hybridized carbons (Fsp3) is 0.500. The number of rotatable bonds is 14. The SMILES string of the molecule is CCC(C)N(C(=O)Cn1c(CCCCCNC(=O)Cc2ccc(Cl)cc2)nc2ccccc21)C(C)CC. The first kappa shape index (κ1) is 28.7. The zero-order valence-electron chi connectivity index (χ0n) is 22.7. The van der Waals surface area contributed by atoms with Gasteiger partial charge < -0.3 is 14.8 Å². The molecule has 0 bridgehead atoms. The van der Waals surface area contributed by atoms with Crippen LogP contribution in [0.15, 0.2) is 48.5 Å². The Labute approximate surface area is 226 Å². The van der Waals surface area contributed by atoms with Crippen LogP contribution in [0.25, 0.3) is 11.0 Å². The Morgan fingerprint density at radius 2 is 1.65 bits per heavy atom. The summed E-state index contributed by atoms with van der Waals surface area (Å²) in [5, 5.41) is 3.68. The number of para-hydroxylation sites is 2. The van der Waals surface area contributed by atoms with E-state index in [0.717, 1.165) is 60.9 Å². The van der Waals surface area contributed by atoms with Crippen LogP contribution in [0.3, 0.4) is 0 Å². The van der Waals surface area contributed by atoms with Gasteiger partial charge in [-0.25, -0.2) is 4.98 Å². The lowest BCUT2D eigenvalue weighted by Gasteiger charge is -2.34. The monoisotopic (exact) mass is 524 g/mol. The molecule has 200 valence electrons. The third-order valence-electron chi connectivity index (χ3n) is 7.12. The van der Waals surface area contributed by atoms with Crippen molar-refractivity contribution in [2.75, 3.05) is 6.54 Å². The number of nitrogens with one attached hydrogen (secondary N) is 1. The number of aryl methyl sites for hydroxylation is 1. The molecule has 0 fully saturated rings. The highest BCUT2D eigenvalue weighted by molar-refractivity contribution is 6.30. The normalized spacial score (nSPS) is 12.9. The first-order valence-corrected chi connectivity index (χ1v) is 14.0. The van der Waals surface area contributed by atoms with E-state index < -0.39 is 0 Å². The van der Waals surface area contributed by atoms with Crippen molar-refractivity contribution in [1.29, 1.82) is 0 Å². The van der Waals surface area contributed by atoms with E-state index in [9.17, 15) is 9.59 Å². The van der Waals surface area contributed by atoms with E-state index in [1.165, 1.54) is 0 Å². The lowest BCUT2D eigenvalue weighted by atomic mass is 10.1. The molecule has 2 unspecified atom stereocenters. The van der Waals surface area contributed by atoms with E-state index in [4.69, 9.17) is 16.6 Å². The molecule has 0 aliphatic carbocycles. The van der Waals surface area contributed by atoms with Crippen LogP contribution in [-0.4, -0.2) is 44.9 Å². The zero-order chi connectivity index (χ0) is 26.8. The Hall–Kier alpha value is -2.86. The molecule has 37 heavy (non-hydrogen) atoms. The predicted molar refractivity (Wildman–Crippen MR) is 152 cm³/mol. The van der Waals surface area contributed by atoms with Crippen LogP contribution < -0.4 is 5.32 Å². The average Bonchev–Trinajstić information content (AvgIpc) is 3.24. The number of nitrogens with zero attached hydrogens (tertiary/aromatic N) is 3. The quantitative estimate of drug-likeness (QED) is 0.256. The maximum Gasteiger partial charge on any atom is 0.243 e. The number of carbonyl (C=O) groups is 2. The molecule has 1 N–H and O–H groups in total. The van der Waals surface area contributed by atoms with Gasteiger partial charge in [-0.15, -0.1) is 0 Å². The van der Waals surface area contributed by atoms with Crippen molar-refractivity contribution in [3.63, 3.8) is 0 Å².